The van der Waals surface area contributed by atoms with E-state index >= 15 is 0 Å². The minimum Gasteiger partial charge on any atom is -0.454 e. The molecule has 12 unspecified atom stereocenters. The minimum absolute atomic E-state index is 0.0829. The van der Waals surface area contributed by atoms with Crippen molar-refractivity contribution in [3.63, 3.8) is 0 Å². The molecule has 0 radical (unpaired) electrons. The van der Waals surface area contributed by atoms with Crippen molar-refractivity contribution in [1.29, 1.82) is 0 Å². The molecular weight excluding hydrogens is 756 g/mol. The van der Waals surface area contributed by atoms with Crippen molar-refractivity contribution in [2.45, 2.75) is 204 Å². The van der Waals surface area contributed by atoms with Crippen LogP contribution in [-0.4, -0.2) is 151 Å². The maximum absolute atomic E-state index is 12.2. The molecule has 0 aromatic heterocycles. The third-order valence-corrected chi connectivity index (χ3v) is 17.9. The molecule has 0 bridgehead atoms. The van der Waals surface area contributed by atoms with Crippen molar-refractivity contribution in [3.8, 4) is 0 Å². The van der Waals surface area contributed by atoms with E-state index in [1.54, 1.807) is 13.8 Å². The van der Waals surface area contributed by atoms with E-state index in [0.717, 1.165) is 32.1 Å². The summed E-state index contributed by atoms with van der Waals surface area (Å²) in [5.41, 5.74) is -3.32. The zero-order valence-corrected chi connectivity index (χ0v) is 35.5. The Bertz CT molecular complexity index is 1570. The third-order valence-electron chi connectivity index (χ3n) is 17.9. The maximum Gasteiger partial charge on any atom is 0.303 e. The van der Waals surface area contributed by atoms with Gasteiger partial charge in [0.05, 0.1) is 48.8 Å². The van der Waals surface area contributed by atoms with Crippen molar-refractivity contribution in [2.75, 3.05) is 13.2 Å². The first-order valence-corrected chi connectivity index (χ1v) is 21.8. The molecule has 5 aliphatic carbocycles. The molecule has 0 amide bonds. The van der Waals surface area contributed by atoms with Gasteiger partial charge >= 0.3 is 5.97 Å². The lowest BCUT2D eigenvalue weighted by Crippen LogP contribution is -2.65. The predicted molar refractivity (Wildman–Crippen MR) is 203 cm³/mol. The average molecular weight is 827 g/mol. The summed E-state index contributed by atoms with van der Waals surface area (Å²) in [5, 5.41) is 87.3. The second-order valence-corrected chi connectivity index (χ2v) is 21.6. The molecule has 58 heavy (non-hydrogen) atoms. The molecule has 8 aliphatic rings. The summed E-state index contributed by atoms with van der Waals surface area (Å²) in [7, 11) is 0. The summed E-state index contributed by atoms with van der Waals surface area (Å²) in [6, 6.07) is 0. The Kier molecular flexibility index (Phi) is 10.7. The van der Waals surface area contributed by atoms with Gasteiger partial charge in [0.15, 0.2) is 18.7 Å². The third kappa shape index (κ3) is 6.17. The highest BCUT2D eigenvalue weighted by Gasteiger charge is 2.85. The lowest BCUT2D eigenvalue weighted by atomic mass is 9.41. The second kappa shape index (κ2) is 14.2. The Balaban J connectivity index is 1.15. The summed E-state index contributed by atoms with van der Waals surface area (Å²) in [6.07, 6.45) is -7.66. The summed E-state index contributed by atoms with van der Waals surface area (Å²) in [6.45, 7) is 15.0. The zero-order chi connectivity index (χ0) is 42.3. The van der Waals surface area contributed by atoms with Gasteiger partial charge in [-0.25, -0.2) is 0 Å². The minimum atomic E-state index is -1.62. The Morgan fingerprint density at radius 2 is 1.50 bits per heavy atom. The highest BCUT2D eigenvalue weighted by atomic mass is 16.7. The fourth-order valence-electron chi connectivity index (χ4n) is 15.2. The topological polar surface area (TPSA) is 234 Å². The molecule has 21 atom stereocenters. The molecule has 3 heterocycles. The summed E-state index contributed by atoms with van der Waals surface area (Å²) in [4.78, 5) is 12.1. The van der Waals surface area contributed by atoms with Crippen LogP contribution in [0.3, 0.4) is 0 Å². The van der Waals surface area contributed by atoms with Crippen molar-refractivity contribution < 1.29 is 74.1 Å². The van der Waals surface area contributed by atoms with E-state index in [0.29, 0.717) is 25.7 Å². The van der Waals surface area contributed by atoms with Gasteiger partial charge in [-0.1, -0.05) is 27.7 Å². The van der Waals surface area contributed by atoms with Crippen LogP contribution in [0.5, 0.6) is 0 Å². The van der Waals surface area contributed by atoms with E-state index < -0.39 is 103 Å². The van der Waals surface area contributed by atoms with E-state index in [4.69, 9.17) is 28.4 Å². The molecule has 332 valence electrons. The van der Waals surface area contributed by atoms with Gasteiger partial charge in [0.25, 0.3) is 0 Å². The van der Waals surface area contributed by atoms with Crippen LogP contribution in [0.25, 0.3) is 0 Å². The number of esters is 1. The van der Waals surface area contributed by atoms with Crippen molar-refractivity contribution in [3.05, 3.63) is 0 Å². The van der Waals surface area contributed by atoms with Gasteiger partial charge in [-0.05, 0) is 117 Å². The molecule has 2 spiro atoms. The van der Waals surface area contributed by atoms with Crippen LogP contribution >= 0.6 is 0 Å². The van der Waals surface area contributed by atoms with Crippen LogP contribution in [0.2, 0.25) is 0 Å². The van der Waals surface area contributed by atoms with E-state index in [2.05, 4.69) is 34.6 Å². The molecule has 0 aromatic carbocycles. The molecular formula is C43H70O15. The Morgan fingerprint density at radius 1 is 0.793 bits per heavy atom. The molecule has 15 nitrogen and oxygen atoms in total. The van der Waals surface area contributed by atoms with Gasteiger partial charge < -0.3 is 69.3 Å². The molecule has 8 fully saturated rings. The first-order chi connectivity index (χ1) is 26.9. The number of hydrogen-bond acceptors (Lipinski definition) is 15. The van der Waals surface area contributed by atoms with E-state index in [-0.39, 0.29) is 52.1 Å². The Morgan fingerprint density at radius 3 is 2.14 bits per heavy atom. The number of aliphatic hydroxyl groups is 8. The quantitative estimate of drug-likeness (QED) is 0.127. The largest absolute Gasteiger partial charge is 0.454 e. The molecule has 8 rings (SSSR count). The van der Waals surface area contributed by atoms with Crippen molar-refractivity contribution in [2.24, 2.45) is 44.8 Å². The van der Waals surface area contributed by atoms with E-state index in [9.17, 15) is 45.6 Å². The van der Waals surface area contributed by atoms with Crippen LogP contribution < -0.4 is 0 Å². The molecule has 8 N–H and O–H groups in total. The number of hydrogen-bond donors (Lipinski definition) is 8. The molecule has 5 saturated carbocycles. The Hall–Kier alpha value is -1.05. The summed E-state index contributed by atoms with van der Waals surface area (Å²) in [5.74, 6) is -0.931. The zero-order valence-electron chi connectivity index (χ0n) is 35.5. The molecule has 3 saturated heterocycles. The molecule has 0 aromatic rings. The normalized spacial score (nSPS) is 56.1. The van der Waals surface area contributed by atoms with Crippen LogP contribution in [0.4, 0.5) is 0 Å². The predicted octanol–water partition coefficient (Wildman–Crippen LogP) is 1.29. The number of ether oxygens (including phenoxy) is 6. The fourth-order valence-corrected chi connectivity index (χ4v) is 15.2. The van der Waals surface area contributed by atoms with Crippen LogP contribution in [0.1, 0.15) is 113 Å². The average Bonchev–Trinajstić information content (AvgIpc) is 3.50. The number of fused-ring (bicyclic) bond motifs is 2. The fraction of sp³-hybridized carbons (Fsp3) is 0.977. The summed E-state index contributed by atoms with van der Waals surface area (Å²) < 4.78 is 37.8. The van der Waals surface area contributed by atoms with Crippen LogP contribution in [-0.2, 0) is 33.2 Å². The second-order valence-electron chi connectivity index (χ2n) is 21.6. The van der Waals surface area contributed by atoms with Crippen molar-refractivity contribution in [1.82, 2.24) is 0 Å². The van der Waals surface area contributed by atoms with Gasteiger partial charge in [-0.2, -0.15) is 0 Å². The first-order valence-electron chi connectivity index (χ1n) is 21.8. The van der Waals surface area contributed by atoms with Gasteiger partial charge in [0, 0.05) is 12.8 Å². The highest BCUT2D eigenvalue weighted by Crippen LogP contribution is 2.89. The standard InChI is InChI=1S/C43H70O15/c1-20(45)54-32-28(48)22(47)18-53-36(32)57-26-10-12-43-19-42(43)14-13-39(6)33(41(8)11-9-27(58-41)38(4,5)52)21(46)16-40(39,7)25(42)15-23(34(43)37(26,2)3)55-35-31(51)30(50)29(49)24(17-44)56-35/h21-36,44,46-52H,9-19H2,1-8H3/t21-,22?,23+,24?,25?,26+,27+,28?,29?,30?,31?,32?,33?,34?,35?,36+,39-,40+,41?,42+,43-/m1/s1. The number of carbonyl (C=O) groups is 1. The van der Waals surface area contributed by atoms with Gasteiger partial charge in [0.1, 0.15) is 36.6 Å². The number of carbonyl (C=O) groups excluding carboxylic acids is 1. The van der Waals surface area contributed by atoms with Crippen LogP contribution in [0.15, 0.2) is 0 Å². The number of aliphatic hydroxyl groups excluding tert-OH is 7. The van der Waals surface area contributed by atoms with E-state index in [1.807, 2.05) is 0 Å². The van der Waals surface area contributed by atoms with Gasteiger partial charge in [-0.15, -0.1) is 0 Å². The lowest BCUT2D eigenvalue weighted by molar-refractivity contribution is -0.339. The lowest BCUT2D eigenvalue weighted by Gasteiger charge is -2.65. The Labute approximate surface area is 341 Å². The molecule has 15 heteroatoms. The van der Waals surface area contributed by atoms with Gasteiger partial charge in [0.2, 0.25) is 0 Å². The summed E-state index contributed by atoms with van der Waals surface area (Å²) >= 11 is 0. The van der Waals surface area contributed by atoms with Gasteiger partial charge in [-0.3, -0.25) is 4.79 Å². The first kappa shape index (κ1) is 43.6. The van der Waals surface area contributed by atoms with Crippen molar-refractivity contribution >= 4 is 5.97 Å². The van der Waals surface area contributed by atoms with E-state index in [1.165, 1.54) is 6.92 Å². The highest BCUT2D eigenvalue weighted by molar-refractivity contribution is 5.66. The maximum atomic E-state index is 12.2. The molecule has 3 aliphatic heterocycles. The SMILES string of the molecule is CC(=O)OC1C(O)C(O)CO[C@H]1O[C@H]1CC[C@]23C[C@]24CC[C@]2(C)C(C5(C)CC[C@@H](C(C)(C)O)O5)[C@H](O)C[C@@]2(C)C4C[C@H](OC2OC(CO)C(O)C(O)C2O)C3C1(C)C. The van der Waals surface area contributed by atoms with Crippen LogP contribution in [0, 0.1) is 44.8 Å². The smallest absolute Gasteiger partial charge is 0.303 e. The monoisotopic (exact) mass is 826 g/mol. The number of rotatable bonds is 8.